The summed E-state index contributed by atoms with van der Waals surface area (Å²) in [7, 11) is 2.95. The van der Waals surface area contributed by atoms with E-state index in [4.69, 9.17) is 14.6 Å². The molecular formula is C18H26N2O6. The van der Waals surface area contributed by atoms with E-state index in [2.05, 4.69) is 5.32 Å². The molecule has 0 aliphatic heterocycles. The maximum absolute atomic E-state index is 12.7. The van der Waals surface area contributed by atoms with E-state index in [1.165, 1.54) is 31.3 Å². The summed E-state index contributed by atoms with van der Waals surface area (Å²) in [5.74, 6) is -1.34. The van der Waals surface area contributed by atoms with Crippen molar-refractivity contribution in [1.82, 2.24) is 10.2 Å². The van der Waals surface area contributed by atoms with Crippen LogP contribution >= 0.6 is 0 Å². The maximum atomic E-state index is 12.7. The van der Waals surface area contributed by atoms with Crippen molar-refractivity contribution in [2.24, 2.45) is 5.92 Å². The first-order chi connectivity index (χ1) is 12.2. The number of likely N-dealkylation sites (N-methyl/N-ethyl adjacent to an activating group) is 1. The van der Waals surface area contributed by atoms with Crippen molar-refractivity contribution in [1.29, 1.82) is 0 Å². The van der Waals surface area contributed by atoms with Crippen LogP contribution in [-0.2, 0) is 9.59 Å². The van der Waals surface area contributed by atoms with Crippen molar-refractivity contribution < 1.29 is 29.0 Å². The van der Waals surface area contributed by atoms with Gasteiger partial charge in [-0.3, -0.25) is 14.4 Å². The molecule has 0 bridgehead atoms. The minimum Gasteiger partial charge on any atom is -0.497 e. The van der Waals surface area contributed by atoms with Crippen LogP contribution in [0.2, 0.25) is 0 Å². The van der Waals surface area contributed by atoms with Crippen LogP contribution in [0.3, 0.4) is 0 Å². The summed E-state index contributed by atoms with van der Waals surface area (Å²) in [5, 5.41) is 11.6. The molecule has 0 fully saturated rings. The molecule has 0 aliphatic rings. The molecule has 1 atom stereocenters. The first kappa shape index (κ1) is 21.3. The van der Waals surface area contributed by atoms with Gasteiger partial charge >= 0.3 is 5.97 Å². The summed E-state index contributed by atoms with van der Waals surface area (Å²) in [6.07, 6.45) is 0. The Hall–Kier alpha value is -2.77. The molecule has 0 saturated carbocycles. The number of carbonyl (C=O) groups is 3. The second-order valence-electron chi connectivity index (χ2n) is 6.04. The number of nitrogens with one attached hydrogen (secondary N) is 1. The summed E-state index contributed by atoms with van der Waals surface area (Å²) < 4.78 is 10.3. The average molecular weight is 366 g/mol. The lowest BCUT2D eigenvalue weighted by Crippen LogP contribution is -2.52. The lowest BCUT2D eigenvalue weighted by Gasteiger charge is -2.28. The Morgan fingerprint density at radius 3 is 2.04 bits per heavy atom. The number of amides is 2. The molecule has 0 aliphatic carbocycles. The molecule has 144 valence electrons. The van der Waals surface area contributed by atoms with Gasteiger partial charge in [0.05, 0.1) is 14.2 Å². The lowest BCUT2D eigenvalue weighted by atomic mass is 10.0. The molecule has 2 N–H and O–H groups in total. The van der Waals surface area contributed by atoms with Gasteiger partial charge in [-0.05, 0) is 25.0 Å². The molecule has 26 heavy (non-hydrogen) atoms. The van der Waals surface area contributed by atoms with Crippen molar-refractivity contribution in [3.05, 3.63) is 23.8 Å². The fraction of sp³-hybridized carbons (Fsp3) is 0.500. The zero-order valence-electron chi connectivity index (χ0n) is 15.7. The van der Waals surface area contributed by atoms with E-state index in [1.807, 2.05) is 0 Å². The van der Waals surface area contributed by atoms with E-state index in [9.17, 15) is 14.4 Å². The number of hydrogen-bond acceptors (Lipinski definition) is 5. The average Bonchev–Trinajstić information content (AvgIpc) is 2.62. The van der Waals surface area contributed by atoms with Gasteiger partial charge < -0.3 is 24.8 Å². The van der Waals surface area contributed by atoms with Crippen LogP contribution in [0.25, 0.3) is 0 Å². The quantitative estimate of drug-likeness (QED) is 0.684. The van der Waals surface area contributed by atoms with Gasteiger partial charge in [0.15, 0.2) is 0 Å². The van der Waals surface area contributed by atoms with Gasteiger partial charge in [-0.2, -0.15) is 0 Å². The van der Waals surface area contributed by atoms with Crippen molar-refractivity contribution >= 4 is 17.8 Å². The molecule has 0 saturated heterocycles. The van der Waals surface area contributed by atoms with Crippen LogP contribution in [0.4, 0.5) is 0 Å². The van der Waals surface area contributed by atoms with E-state index >= 15 is 0 Å². The van der Waals surface area contributed by atoms with Crippen molar-refractivity contribution in [3.63, 3.8) is 0 Å². The highest BCUT2D eigenvalue weighted by Crippen LogP contribution is 2.22. The number of nitrogens with zero attached hydrogens (tertiary/aromatic N) is 1. The highest BCUT2D eigenvalue weighted by atomic mass is 16.5. The van der Waals surface area contributed by atoms with Gasteiger partial charge in [0.1, 0.15) is 24.1 Å². The van der Waals surface area contributed by atoms with Gasteiger partial charge in [-0.15, -0.1) is 0 Å². The molecule has 8 nitrogen and oxygen atoms in total. The molecule has 0 radical (unpaired) electrons. The van der Waals surface area contributed by atoms with Crippen LogP contribution in [0.1, 0.15) is 31.1 Å². The SMILES string of the molecule is CCN(CC(=O)O)C(=O)C(NC(=O)c1cc(OC)cc(OC)c1)C(C)C. The minimum absolute atomic E-state index is 0.221. The Morgan fingerprint density at radius 2 is 1.65 bits per heavy atom. The van der Waals surface area contributed by atoms with E-state index in [0.717, 1.165) is 0 Å². The molecule has 0 heterocycles. The van der Waals surface area contributed by atoms with Gasteiger partial charge in [-0.25, -0.2) is 0 Å². The first-order valence-corrected chi connectivity index (χ1v) is 8.27. The number of carboxylic acids is 1. The van der Waals surface area contributed by atoms with E-state index in [0.29, 0.717) is 11.5 Å². The predicted molar refractivity (Wildman–Crippen MR) is 95.5 cm³/mol. The second-order valence-corrected chi connectivity index (χ2v) is 6.04. The smallest absolute Gasteiger partial charge is 0.323 e. The van der Waals surface area contributed by atoms with Crippen molar-refractivity contribution in [3.8, 4) is 11.5 Å². The lowest BCUT2D eigenvalue weighted by molar-refractivity contribution is -0.145. The number of hydrogen-bond donors (Lipinski definition) is 2. The Kier molecular flexibility index (Phi) is 7.89. The van der Waals surface area contributed by atoms with Crippen LogP contribution in [-0.4, -0.2) is 61.1 Å². The Labute approximate surface area is 153 Å². The van der Waals surface area contributed by atoms with Crippen LogP contribution in [0.15, 0.2) is 18.2 Å². The van der Waals surface area contributed by atoms with Crippen molar-refractivity contribution in [2.75, 3.05) is 27.3 Å². The topological polar surface area (TPSA) is 105 Å². The highest BCUT2D eigenvalue weighted by Gasteiger charge is 2.29. The third-order valence-corrected chi connectivity index (χ3v) is 3.85. The number of carbonyl (C=O) groups excluding carboxylic acids is 2. The number of rotatable bonds is 9. The van der Waals surface area contributed by atoms with Crippen LogP contribution in [0, 0.1) is 5.92 Å². The summed E-state index contributed by atoms with van der Waals surface area (Å²) in [6.45, 7) is 5.07. The summed E-state index contributed by atoms with van der Waals surface area (Å²) in [5.41, 5.74) is 0.279. The Balaban J connectivity index is 3.05. The van der Waals surface area contributed by atoms with E-state index in [-0.39, 0.29) is 18.0 Å². The number of aliphatic carboxylic acids is 1. The zero-order valence-corrected chi connectivity index (χ0v) is 15.7. The highest BCUT2D eigenvalue weighted by molar-refractivity contribution is 5.98. The zero-order chi connectivity index (χ0) is 19.9. The number of benzene rings is 1. The number of methoxy groups -OCH3 is 2. The molecule has 8 heteroatoms. The van der Waals surface area contributed by atoms with Gasteiger partial charge in [0, 0.05) is 18.2 Å². The third-order valence-electron chi connectivity index (χ3n) is 3.85. The second kappa shape index (κ2) is 9.65. The molecule has 1 unspecified atom stereocenters. The molecule has 0 aromatic heterocycles. The molecule has 1 rings (SSSR count). The normalized spacial score (nSPS) is 11.6. The molecule has 1 aromatic carbocycles. The minimum atomic E-state index is -1.11. The molecular weight excluding hydrogens is 340 g/mol. The Morgan fingerprint density at radius 1 is 1.12 bits per heavy atom. The summed E-state index contributed by atoms with van der Waals surface area (Å²) in [6, 6.07) is 3.86. The van der Waals surface area contributed by atoms with E-state index in [1.54, 1.807) is 26.8 Å². The number of ether oxygens (including phenoxy) is 2. The molecule has 0 spiro atoms. The Bertz CT molecular complexity index is 637. The van der Waals surface area contributed by atoms with Crippen molar-refractivity contribution in [2.45, 2.75) is 26.8 Å². The monoisotopic (exact) mass is 366 g/mol. The van der Waals surface area contributed by atoms with Gasteiger partial charge in [-0.1, -0.05) is 13.8 Å². The third kappa shape index (κ3) is 5.65. The summed E-state index contributed by atoms with van der Waals surface area (Å²) >= 11 is 0. The standard InChI is InChI=1S/C18H26N2O6/c1-6-20(10-15(21)22)18(24)16(11(2)3)19-17(23)12-7-13(25-4)9-14(8-12)26-5/h7-9,11,16H,6,10H2,1-5H3,(H,19,23)(H,21,22). The fourth-order valence-corrected chi connectivity index (χ4v) is 2.38. The van der Waals surface area contributed by atoms with Crippen LogP contribution < -0.4 is 14.8 Å². The van der Waals surface area contributed by atoms with Gasteiger partial charge in [0.25, 0.3) is 5.91 Å². The molecule has 2 amide bonds. The van der Waals surface area contributed by atoms with Crippen LogP contribution in [0.5, 0.6) is 11.5 Å². The summed E-state index contributed by atoms with van der Waals surface area (Å²) in [4.78, 5) is 37.4. The number of carboxylic acid groups (broad SMARTS) is 1. The van der Waals surface area contributed by atoms with Gasteiger partial charge in [0.2, 0.25) is 5.91 Å². The maximum Gasteiger partial charge on any atom is 0.323 e. The molecule has 1 aromatic rings. The van der Waals surface area contributed by atoms with E-state index < -0.39 is 30.4 Å². The largest absolute Gasteiger partial charge is 0.497 e. The fourth-order valence-electron chi connectivity index (χ4n) is 2.38. The predicted octanol–water partition coefficient (Wildman–Crippen LogP) is 1.39. The first-order valence-electron chi connectivity index (χ1n) is 8.27.